The zero-order valence-corrected chi connectivity index (χ0v) is 9.63. The first-order chi connectivity index (χ1) is 7.24. The number of benzene rings is 1. The second-order valence-corrected chi connectivity index (χ2v) is 3.85. The number of rotatable bonds is 2. The van der Waals surface area contributed by atoms with Crippen LogP contribution in [0.5, 0.6) is 0 Å². The number of para-hydroxylation sites is 1. The fourth-order valence-electron chi connectivity index (χ4n) is 1.43. The van der Waals surface area contributed by atoms with Crippen molar-refractivity contribution in [3.05, 3.63) is 40.7 Å². The van der Waals surface area contributed by atoms with Gasteiger partial charge >= 0.3 is 0 Å². The summed E-state index contributed by atoms with van der Waals surface area (Å²) < 4.78 is 1.67. The van der Waals surface area contributed by atoms with Crippen LogP contribution in [-0.2, 0) is 5.88 Å². The van der Waals surface area contributed by atoms with Gasteiger partial charge in [-0.15, -0.1) is 16.7 Å². The summed E-state index contributed by atoms with van der Waals surface area (Å²) in [5.41, 5.74) is 2.71. The summed E-state index contributed by atoms with van der Waals surface area (Å²) in [5, 5.41) is 8.44. The third-order valence-electron chi connectivity index (χ3n) is 2.16. The van der Waals surface area contributed by atoms with Crippen molar-refractivity contribution in [1.29, 1.82) is 0 Å². The Morgan fingerprint density at radius 2 is 2.20 bits per heavy atom. The Morgan fingerprint density at radius 3 is 2.87 bits per heavy atom. The lowest BCUT2D eigenvalue weighted by atomic mass is 10.2. The first-order valence-corrected chi connectivity index (χ1v) is 5.36. The SMILES string of the molecule is Cc1cccc(Cl)c1-n1nncc1CCl. The maximum Gasteiger partial charge on any atom is 0.0882 e. The van der Waals surface area contributed by atoms with E-state index < -0.39 is 0 Å². The van der Waals surface area contributed by atoms with Gasteiger partial charge in [-0.1, -0.05) is 28.9 Å². The van der Waals surface area contributed by atoms with Crippen molar-refractivity contribution in [1.82, 2.24) is 15.0 Å². The second kappa shape index (κ2) is 4.21. The normalized spacial score (nSPS) is 10.6. The smallest absolute Gasteiger partial charge is 0.0882 e. The van der Waals surface area contributed by atoms with Gasteiger partial charge in [0, 0.05) is 0 Å². The van der Waals surface area contributed by atoms with E-state index in [9.17, 15) is 0 Å². The average Bonchev–Trinajstić information content (AvgIpc) is 2.65. The maximum absolute atomic E-state index is 6.12. The molecule has 3 nitrogen and oxygen atoms in total. The number of halogens is 2. The molecule has 0 unspecified atom stereocenters. The van der Waals surface area contributed by atoms with E-state index in [1.54, 1.807) is 10.9 Å². The summed E-state index contributed by atoms with van der Waals surface area (Å²) in [5.74, 6) is 0.359. The number of aromatic nitrogens is 3. The van der Waals surface area contributed by atoms with E-state index >= 15 is 0 Å². The van der Waals surface area contributed by atoms with Crippen LogP contribution in [0.15, 0.2) is 24.4 Å². The van der Waals surface area contributed by atoms with Crippen LogP contribution in [0.25, 0.3) is 5.69 Å². The van der Waals surface area contributed by atoms with Crippen LogP contribution in [0, 0.1) is 6.92 Å². The van der Waals surface area contributed by atoms with E-state index in [1.807, 2.05) is 25.1 Å². The van der Waals surface area contributed by atoms with Crippen LogP contribution in [0.1, 0.15) is 11.3 Å². The summed E-state index contributed by atoms with van der Waals surface area (Å²) in [6.07, 6.45) is 1.63. The fourth-order valence-corrected chi connectivity index (χ4v) is 1.91. The van der Waals surface area contributed by atoms with Crippen LogP contribution >= 0.6 is 23.2 Å². The van der Waals surface area contributed by atoms with Gasteiger partial charge in [0.05, 0.1) is 28.5 Å². The Bertz CT molecular complexity index is 459. The van der Waals surface area contributed by atoms with Gasteiger partial charge in [-0.3, -0.25) is 0 Å². The lowest BCUT2D eigenvalue weighted by molar-refractivity contribution is 0.777. The molecule has 0 fully saturated rings. The molecule has 78 valence electrons. The molecule has 0 spiro atoms. The van der Waals surface area contributed by atoms with Crippen LogP contribution < -0.4 is 0 Å². The molecule has 2 rings (SSSR count). The molecule has 15 heavy (non-hydrogen) atoms. The molecule has 0 N–H and O–H groups in total. The number of alkyl halides is 1. The van der Waals surface area contributed by atoms with Crippen LogP contribution in [0.3, 0.4) is 0 Å². The van der Waals surface area contributed by atoms with Gasteiger partial charge < -0.3 is 0 Å². The minimum absolute atomic E-state index is 0.359. The second-order valence-electron chi connectivity index (χ2n) is 3.18. The zero-order valence-electron chi connectivity index (χ0n) is 8.11. The summed E-state index contributed by atoms with van der Waals surface area (Å²) in [6, 6.07) is 5.70. The van der Waals surface area contributed by atoms with Crippen molar-refractivity contribution in [2.24, 2.45) is 0 Å². The Kier molecular flexibility index (Phi) is 2.93. The summed E-state index contributed by atoms with van der Waals surface area (Å²) in [6.45, 7) is 1.97. The molecule has 0 aliphatic rings. The van der Waals surface area contributed by atoms with Gasteiger partial charge in [-0.05, 0) is 18.6 Å². The highest BCUT2D eigenvalue weighted by molar-refractivity contribution is 6.32. The molecule has 0 bridgehead atoms. The van der Waals surface area contributed by atoms with Crippen molar-refractivity contribution in [2.45, 2.75) is 12.8 Å². The molecule has 0 aliphatic heterocycles. The Morgan fingerprint density at radius 1 is 1.40 bits per heavy atom. The molecular weight excluding hydrogens is 233 g/mol. The van der Waals surface area contributed by atoms with Gasteiger partial charge in [0.25, 0.3) is 0 Å². The Hall–Kier alpha value is -1.06. The number of hydrogen-bond donors (Lipinski definition) is 0. The molecular formula is C10H9Cl2N3. The minimum atomic E-state index is 0.359. The van der Waals surface area contributed by atoms with Crippen molar-refractivity contribution < 1.29 is 0 Å². The van der Waals surface area contributed by atoms with Gasteiger partial charge in [0.1, 0.15) is 0 Å². The number of nitrogens with zero attached hydrogens (tertiary/aromatic N) is 3. The summed E-state index contributed by atoms with van der Waals surface area (Å²) in [7, 11) is 0. The molecule has 0 amide bonds. The van der Waals surface area contributed by atoms with E-state index in [1.165, 1.54) is 0 Å². The van der Waals surface area contributed by atoms with Gasteiger partial charge in [0.2, 0.25) is 0 Å². The van der Waals surface area contributed by atoms with Crippen molar-refractivity contribution in [3.63, 3.8) is 0 Å². The molecule has 0 aliphatic carbocycles. The van der Waals surface area contributed by atoms with Gasteiger partial charge in [-0.2, -0.15) is 0 Å². The molecule has 0 radical (unpaired) electrons. The van der Waals surface area contributed by atoms with Gasteiger partial charge in [-0.25, -0.2) is 4.68 Å². The molecule has 0 saturated heterocycles. The minimum Gasteiger partial charge on any atom is -0.215 e. The highest BCUT2D eigenvalue weighted by Crippen LogP contribution is 2.24. The third kappa shape index (κ3) is 1.85. The number of hydrogen-bond acceptors (Lipinski definition) is 2. The molecule has 2 aromatic rings. The van der Waals surface area contributed by atoms with Crippen LogP contribution in [0.2, 0.25) is 5.02 Å². The predicted molar refractivity (Wildman–Crippen MR) is 60.7 cm³/mol. The quantitative estimate of drug-likeness (QED) is 0.758. The van der Waals surface area contributed by atoms with Gasteiger partial charge in [0.15, 0.2) is 0 Å². The first kappa shape index (κ1) is 10.5. The lowest BCUT2D eigenvalue weighted by Gasteiger charge is -2.09. The number of aryl methyl sites for hydroxylation is 1. The van der Waals surface area contributed by atoms with E-state index in [0.717, 1.165) is 16.9 Å². The fraction of sp³-hybridized carbons (Fsp3) is 0.200. The van der Waals surface area contributed by atoms with Crippen molar-refractivity contribution in [2.75, 3.05) is 0 Å². The molecule has 0 atom stereocenters. The van der Waals surface area contributed by atoms with Crippen molar-refractivity contribution >= 4 is 23.2 Å². The summed E-state index contributed by atoms with van der Waals surface area (Å²) >= 11 is 11.9. The molecule has 5 heteroatoms. The van der Waals surface area contributed by atoms with Crippen molar-refractivity contribution in [3.8, 4) is 5.69 Å². The van der Waals surface area contributed by atoms with Crippen LogP contribution in [-0.4, -0.2) is 15.0 Å². The van der Waals surface area contributed by atoms with Crippen LogP contribution in [0.4, 0.5) is 0 Å². The average molecular weight is 242 g/mol. The summed E-state index contributed by atoms with van der Waals surface area (Å²) in [4.78, 5) is 0. The van der Waals surface area contributed by atoms with E-state index in [-0.39, 0.29) is 0 Å². The lowest BCUT2D eigenvalue weighted by Crippen LogP contribution is -2.03. The largest absolute Gasteiger partial charge is 0.215 e. The van der Waals surface area contributed by atoms with E-state index in [2.05, 4.69) is 10.3 Å². The Balaban J connectivity index is 2.63. The van der Waals surface area contributed by atoms with E-state index in [4.69, 9.17) is 23.2 Å². The topological polar surface area (TPSA) is 30.7 Å². The standard InChI is InChI=1S/C10H9Cl2N3/c1-7-3-2-4-9(12)10(7)15-8(5-11)6-13-14-15/h2-4,6H,5H2,1H3. The Labute approximate surface area is 97.6 Å². The maximum atomic E-state index is 6.12. The zero-order chi connectivity index (χ0) is 10.8. The molecule has 0 saturated carbocycles. The molecule has 1 aromatic heterocycles. The highest BCUT2D eigenvalue weighted by atomic mass is 35.5. The molecule has 1 aromatic carbocycles. The molecule has 1 heterocycles. The third-order valence-corrected chi connectivity index (χ3v) is 2.74. The highest BCUT2D eigenvalue weighted by Gasteiger charge is 2.10. The predicted octanol–water partition coefficient (Wildman–Crippen LogP) is 2.97. The monoisotopic (exact) mass is 241 g/mol. The van der Waals surface area contributed by atoms with E-state index in [0.29, 0.717) is 10.9 Å². The first-order valence-electron chi connectivity index (χ1n) is 4.45.